The molecule has 2 amide bonds. The van der Waals surface area contributed by atoms with Gasteiger partial charge in [-0.15, -0.1) is 5.10 Å². The summed E-state index contributed by atoms with van der Waals surface area (Å²) in [6.45, 7) is 2.41. The first kappa shape index (κ1) is 19.7. The van der Waals surface area contributed by atoms with E-state index in [4.69, 9.17) is 4.52 Å². The third kappa shape index (κ3) is 3.55. The van der Waals surface area contributed by atoms with Crippen LogP contribution >= 0.6 is 0 Å². The van der Waals surface area contributed by atoms with E-state index in [9.17, 15) is 9.59 Å². The van der Waals surface area contributed by atoms with E-state index < -0.39 is 0 Å². The van der Waals surface area contributed by atoms with E-state index in [1.165, 1.54) is 0 Å². The van der Waals surface area contributed by atoms with E-state index in [0.29, 0.717) is 37.4 Å². The number of hydrogen-bond donors (Lipinski definition) is 0. The second kappa shape index (κ2) is 7.84. The molecule has 0 N–H and O–H groups in total. The van der Waals surface area contributed by atoms with Crippen molar-refractivity contribution in [2.45, 2.75) is 25.4 Å². The molecule has 0 saturated carbocycles. The fraction of sp³-hybridized carbons (Fsp3) is 0.292. The Labute approximate surface area is 189 Å². The van der Waals surface area contributed by atoms with Gasteiger partial charge in [-0.05, 0) is 24.6 Å². The highest BCUT2D eigenvalue weighted by Gasteiger charge is 2.34. The molecule has 2 fully saturated rings. The number of rotatable bonds is 5. The minimum atomic E-state index is -0.0311. The largest absolute Gasteiger partial charge is 0.355 e. The van der Waals surface area contributed by atoms with Crippen LogP contribution in [0.2, 0.25) is 0 Å². The fourth-order valence-corrected chi connectivity index (χ4v) is 4.47. The molecule has 2 aromatic carbocycles. The quantitative estimate of drug-likeness (QED) is 0.471. The maximum absolute atomic E-state index is 13.1. The van der Waals surface area contributed by atoms with E-state index in [0.717, 1.165) is 35.1 Å². The molecule has 166 valence electrons. The highest BCUT2D eigenvalue weighted by atomic mass is 16.5. The Balaban J connectivity index is 1.14. The van der Waals surface area contributed by atoms with Crippen LogP contribution in [0.5, 0.6) is 0 Å². The topological polar surface area (TPSA) is 97.4 Å². The van der Waals surface area contributed by atoms with Crippen molar-refractivity contribution >= 4 is 22.7 Å². The van der Waals surface area contributed by atoms with Gasteiger partial charge in [0.05, 0.1) is 24.2 Å². The third-order valence-electron chi connectivity index (χ3n) is 6.36. The van der Waals surface area contributed by atoms with Crippen molar-refractivity contribution in [3.8, 4) is 11.3 Å². The summed E-state index contributed by atoms with van der Waals surface area (Å²) in [4.78, 5) is 28.5. The van der Waals surface area contributed by atoms with Crippen molar-refractivity contribution in [2.24, 2.45) is 0 Å². The molecule has 0 bridgehead atoms. The Morgan fingerprint density at radius 2 is 1.97 bits per heavy atom. The molecule has 6 rings (SSSR count). The number of hydrogen-bond acceptors (Lipinski definition) is 6. The summed E-state index contributed by atoms with van der Waals surface area (Å²) in [5, 5.41) is 13.4. The minimum Gasteiger partial charge on any atom is -0.355 e. The molecule has 4 aromatic rings. The fourth-order valence-electron chi connectivity index (χ4n) is 4.47. The van der Waals surface area contributed by atoms with Gasteiger partial charge in [-0.1, -0.05) is 40.7 Å². The zero-order valence-electron chi connectivity index (χ0n) is 17.9. The molecule has 0 radical (unpaired) electrons. The Bertz CT molecular complexity index is 1340. The lowest BCUT2D eigenvalue weighted by molar-refractivity contribution is -0.128. The van der Waals surface area contributed by atoms with Crippen molar-refractivity contribution in [1.82, 2.24) is 30.0 Å². The molecule has 0 atom stereocenters. The molecule has 9 heteroatoms. The van der Waals surface area contributed by atoms with Gasteiger partial charge in [0.1, 0.15) is 11.2 Å². The second-order valence-corrected chi connectivity index (χ2v) is 8.58. The summed E-state index contributed by atoms with van der Waals surface area (Å²) in [6.07, 6.45) is 3.40. The Hall–Kier alpha value is -4.01. The number of likely N-dealkylation sites (tertiary alicyclic amines) is 2. The van der Waals surface area contributed by atoms with Crippen LogP contribution < -0.4 is 0 Å². The van der Waals surface area contributed by atoms with Crippen LogP contribution in [0.3, 0.4) is 0 Å². The molecule has 0 unspecified atom stereocenters. The molecular formula is C24H22N6O3. The Morgan fingerprint density at radius 3 is 2.76 bits per heavy atom. The van der Waals surface area contributed by atoms with E-state index in [1.54, 1.807) is 15.6 Å². The zero-order valence-corrected chi connectivity index (χ0v) is 17.9. The van der Waals surface area contributed by atoms with Crippen LogP contribution in [-0.2, 0) is 11.3 Å². The summed E-state index contributed by atoms with van der Waals surface area (Å²) < 4.78 is 7.35. The second-order valence-electron chi connectivity index (χ2n) is 8.58. The average molecular weight is 442 g/mol. The highest BCUT2D eigenvalue weighted by molar-refractivity contribution is 6.01. The molecule has 2 aliphatic heterocycles. The van der Waals surface area contributed by atoms with Gasteiger partial charge in [-0.2, -0.15) is 0 Å². The smallest absolute Gasteiger partial charge is 0.254 e. The predicted octanol–water partition coefficient (Wildman–Crippen LogP) is 2.91. The lowest BCUT2D eigenvalue weighted by Gasteiger charge is -2.38. The number of benzene rings is 2. The van der Waals surface area contributed by atoms with Crippen molar-refractivity contribution < 1.29 is 14.1 Å². The van der Waals surface area contributed by atoms with Crippen LogP contribution in [0.1, 0.15) is 34.9 Å². The van der Waals surface area contributed by atoms with Gasteiger partial charge >= 0.3 is 0 Å². The van der Waals surface area contributed by atoms with E-state index >= 15 is 0 Å². The molecule has 33 heavy (non-hydrogen) atoms. The van der Waals surface area contributed by atoms with Crippen molar-refractivity contribution in [3.63, 3.8) is 0 Å². The summed E-state index contributed by atoms with van der Waals surface area (Å²) in [5.74, 6) is 0.801. The van der Waals surface area contributed by atoms with Crippen LogP contribution in [0.4, 0.5) is 0 Å². The average Bonchev–Trinajstić information content (AvgIpc) is 3.54. The highest BCUT2D eigenvalue weighted by Crippen LogP contribution is 2.30. The Kier molecular flexibility index (Phi) is 4.67. The minimum absolute atomic E-state index is 0.0311. The maximum atomic E-state index is 13.1. The van der Waals surface area contributed by atoms with Crippen molar-refractivity contribution in [2.75, 3.05) is 19.6 Å². The maximum Gasteiger partial charge on any atom is 0.254 e. The number of nitrogens with zero attached hydrogens (tertiary/aromatic N) is 6. The third-order valence-corrected chi connectivity index (χ3v) is 6.36. The molecule has 9 nitrogen and oxygen atoms in total. The number of aromatic nitrogens is 4. The van der Waals surface area contributed by atoms with Crippen LogP contribution in [0, 0.1) is 0 Å². The lowest BCUT2D eigenvalue weighted by Crippen LogP contribution is -2.50. The standard InChI is InChI=1S/C24H22N6O3/c31-22-7-4-10-28(22)12-18-13-30(27-25-18)19-14-29(15-19)24(32)17-8-9-21-20(11-17)23(33-26-21)16-5-2-1-3-6-16/h1-3,5-6,8-9,11,13,19H,4,7,10,12,14-15H2. The molecule has 2 aromatic heterocycles. The molecule has 0 aliphatic carbocycles. The zero-order chi connectivity index (χ0) is 22.4. The first-order valence-electron chi connectivity index (χ1n) is 11.1. The van der Waals surface area contributed by atoms with Crippen LogP contribution in [0.15, 0.2) is 59.3 Å². The number of fused-ring (bicyclic) bond motifs is 1. The normalized spacial score (nSPS) is 16.5. The Morgan fingerprint density at radius 1 is 1.12 bits per heavy atom. The molecule has 0 spiro atoms. The first-order chi connectivity index (χ1) is 16.2. The van der Waals surface area contributed by atoms with Crippen LogP contribution in [-0.4, -0.2) is 61.4 Å². The van der Waals surface area contributed by atoms with Crippen molar-refractivity contribution in [3.05, 3.63) is 66.0 Å². The van der Waals surface area contributed by atoms with E-state index in [-0.39, 0.29) is 17.9 Å². The van der Waals surface area contributed by atoms with Crippen LogP contribution in [0.25, 0.3) is 22.2 Å². The van der Waals surface area contributed by atoms with Gasteiger partial charge in [-0.3, -0.25) is 9.59 Å². The van der Waals surface area contributed by atoms with Gasteiger partial charge in [0, 0.05) is 37.2 Å². The molecule has 2 saturated heterocycles. The SMILES string of the molecule is O=C1CCCN1Cc1cn(C2CN(C(=O)c3ccc4noc(-c5ccccc5)c4c3)C2)nn1. The van der Waals surface area contributed by atoms with Gasteiger partial charge in [0.15, 0.2) is 5.76 Å². The molecular weight excluding hydrogens is 420 g/mol. The van der Waals surface area contributed by atoms with Gasteiger partial charge in [0.25, 0.3) is 5.91 Å². The van der Waals surface area contributed by atoms with Crippen molar-refractivity contribution in [1.29, 1.82) is 0 Å². The summed E-state index contributed by atoms with van der Waals surface area (Å²) in [5.41, 5.74) is 3.03. The molecule has 2 aliphatic rings. The predicted molar refractivity (Wildman–Crippen MR) is 119 cm³/mol. The number of carbonyl (C=O) groups is 2. The van der Waals surface area contributed by atoms with E-state index in [1.807, 2.05) is 53.6 Å². The summed E-state index contributed by atoms with van der Waals surface area (Å²) >= 11 is 0. The number of carbonyl (C=O) groups excluding carboxylic acids is 2. The summed E-state index contributed by atoms with van der Waals surface area (Å²) in [6, 6.07) is 15.3. The van der Waals surface area contributed by atoms with E-state index in [2.05, 4.69) is 15.5 Å². The number of amides is 2. The lowest BCUT2D eigenvalue weighted by atomic mass is 10.0. The first-order valence-corrected chi connectivity index (χ1v) is 11.1. The van der Waals surface area contributed by atoms with Gasteiger partial charge < -0.3 is 14.3 Å². The molecule has 4 heterocycles. The summed E-state index contributed by atoms with van der Waals surface area (Å²) in [7, 11) is 0. The van der Waals surface area contributed by atoms with Gasteiger partial charge in [-0.25, -0.2) is 4.68 Å². The van der Waals surface area contributed by atoms with Gasteiger partial charge in [0.2, 0.25) is 5.91 Å². The monoisotopic (exact) mass is 442 g/mol.